The van der Waals surface area contributed by atoms with Gasteiger partial charge in [-0.25, -0.2) is 0 Å². The number of nitrogens with zero attached hydrogens (tertiary/aromatic N) is 2. The molecular weight excluding hydrogens is 204 g/mol. The van der Waals surface area contributed by atoms with Crippen molar-refractivity contribution in [3.05, 3.63) is 0 Å². The van der Waals surface area contributed by atoms with E-state index in [0.717, 1.165) is 51.9 Å². The normalized spacial score (nSPS) is 29.7. The highest BCUT2D eigenvalue weighted by molar-refractivity contribution is 5.73. The molecule has 0 aromatic carbocycles. The molecule has 2 fully saturated rings. The fourth-order valence-corrected chi connectivity index (χ4v) is 3.06. The number of likely N-dealkylation sites (tertiary alicyclic amines) is 2. The average molecular weight is 226 g/mol. The molecule has 0 amide bonds. The zero-order valence-corrected chi connectivity index (χ0v) is 10.1. The van der Waals surface area contributed by atoms with Crippen LogP contribution >= 0.6 is 0 Å². The van der Waals surface area contributed by atoms with E-state index in [-0.39, 0.29) is 6.04 Å². The number of aliphatic carboxylic acids is 1. The Morgan fingerprint density at radius 1 is 1.25 bits per heavy atom. The Hall–Kier alpha value is -0.610. The van der Waals surface area contributed by atoms with Crippen molar-refractivity contribution in [1.82, 2.24) is 9.80 Å². The fourth-order valence-electron chi connectivity index (χ4n) is 3.06. The van der Waals surface area contributed by atoms with Crippen molar-refractivity contribution < 1.29 is 9.90 Å². The minimum absolute atomic E-state index is 0.210. The summed E-state index contributed by atoms with van der Waals surface area (Å²) in [4.78, 5) is 15.8. The monoisotopic (exact) mass is 226 g/mol. The molecule has 0 spiro atoms. The van der Waals surface area contributed by atoms with Gasteiger partial charge in [0, 0.05) is 6.04 Å². The van der Waals surface area contributed by atoms with Crippen molar-refractivity contribution in [2.45, 2.75) is 44.7 Å². The molecule has 2 aliphatic heterocycles. The molecule has 2 saturated heterocycles. The largest absolute Gasteiger partial charge is 0.480 e. The van der Waals surface area contributed by atoms with Gasteiger partial charge in [-0.05, 0) is 51.9 Å². The average Bonchev–Trinajstić information content (AvgIpc) is 2.78. The number of carboxylic acids is 1. The molecule has 0 radical (unpaired) electrons. The Labute approximate surface area is 97.2 Å². The maximum Gasteiger partial charge on any atom is 0.320 e. The highest BCUT2D eigenvalue weighted by atomic mass is 16.4. The lowest BCUT2D eigenvalue weighted by atomic mass is 10.0. The summed E-state index contributed by atoms with van der Waals surface area (Å²) in [5.41, 5.74) is 0. The molecule has 4 heteroatoms. The van der Waals surface area contributed by atoms with E-state index >= 15 is 0 Å². The van der Waals surface area contributed by atoms with Crippen molar-refractivity contribution in [3.8, 4) is 0 Å². The molecule has 2 rings (SSSR count). The van der Waals surface area contributed by atoms with Gasteiger partial charge in [-0.1, -0.05) is 6.92 Å². The number of carboxylic acid groups (broad SMARTS) is 1. The Morgan fingerprint density at radius 3 is 2.50 bits per heavy atom. The lowest BCUT2D eigenvalue weighted by Crippen LogP contribution is -2.48. The van der Waals surface area contributed by atoms with Gasteiger partial charge < -0.3 is 10.0 Å². The molecule has 92 valence electrons. The third-order valence-corrected chi connectivity index (χ3v) is 4.05. The van der Waals surface area contributed by atoms with E-state index in [2.05, 4.69) is 16.7 Å². The van der Waals surface area contributed by atoms with Crippen LogP contribution in [0.5, 0.6) is 0 Å². The summed E-state index contributed by atoms with van der Waals surface area (Å²) in [6, 6.07) is 0.296. The van der Waals surface area contributed by atoms with Gasteiger partial charge in [-0.3, -0.25) is 9.69 Å². The topological polar surface area (TPSA) is 43.8 Å². The first-order valence-electron chi connectivity index (χ1n) is 6.43. The van der Waals surface area contributed by atoms with Crippen LogP contribution in [0.3, 0.4) is 0 Å². The van der Waals surface area contributed by atoms with Gasteiger partial charge in [0.25, 0.3) is 0 Å². The van der Waals surface area contributed by atoms with Crippen molar-refractivity contribution >= 4 is 5.97 Å². The zero-order valence-electron chi connectivity index (χ0n) is 10.1. The predicted molar refractivity (Wildman–Crippen MR) is 62.5 cm³/mol. The second-order valence-corrected chi connectivity index (χ2v) is 4.90. The Kier molecular flexibility index (Phi) is 3.82. The quantitative estimate of drug-likeness (QED) is 0.780. The van der Waals surface area contributed by atoms with Crippen molar-refractivity contribution in [2.24, 2.45) is 0 Å². The third kappa shape index (κ3) is 2.38. The van der Waals surface area contributed by atoms with Crippen molar-refractivity contribution in [1.29, 1.82) is 0 Å². The molecule has 4 nitrogen and oxygen atoms in total. The van der Waals surface area contributed by atoms with Crippen LogP contribution in [0.2, 0.25) is 0 Å². The second-order valence-electron chi connectivity index (χ2n) is 4.90. The summed E-state index contributed by atoms with van der Waals surface area (Å²) in [6.45, 7) is 6.55. The molecule has 0 aromatic heterocycles. The molecule has 2 heterocycles. The van der Waals surface area contributed by atoms with Crippen LogP contribution in [0.1, 0.15) is 32.6 Å². The minimum atomic E-state index is -0.629. The number of hydrogen-bond acceptors (Lipinski definition) is 3. The molecule has 0 aromatic rings. The first kappa shape index (κ1) is 11.9. The van der Waals surface area contributed by atoms with Crippen LogP contribution < -0.4 is 0 Å². The van der Waals surface area contributed by atoms with Gasteiger partial charge >= 0.3 is 5.97 Å². The molecule has 2 aliphatic rings. The molecule has 16 heavy (non-hydrogen) atoms. The number of hydrogen-bond donors (Lipinski definition) is 1. The summed E-state index contributed by atoms with van der Waals surface area (Å²) in [7, 11) is 0. The van der Waals surface area contributed by atoms with Crippen LogP contribution in [-0.2, 0) is 4.79 Å². The van der Waals surface area contributed by atoms with E-state index in [4.69, 9.17) is 5.11 Å². The predicted octanol–water partition coefficient (Wildman–Crippen LogP) is 1.02. The smallest absolute Gasteiger partial charge is 0.320 e. The van der Waals surface area contributed by atoms with Gasteiger partial charge in [0.15, 0.2) is 0 Å². The molecule has 0 aliphatic carbocycles. The molecular formula is C12H22N2O2. The minimum Gasteiger partial charge on any atom is -0.480 e. The SMILES string of the molecule is CCN1CCC(N2CCCC2C(=O)O)CC1. The van der Waals surface area contributed by atoms with Gasteiger partial charge in [0.2, 0.25) is 0 Å². The Morgan fingerprint density at radius 2 is 1.94 bits per heavy atom. The first-order valence-corrected chi connectivity index (χ1v) is 6.43. The molecule has 0 saturated carbocycles. The van der Waals surface area contributed by atoms with E-state index in [1.807, 2.05) is 0 Å². The van der Waals surface area contributed by atoms with E-state index in [1.54, 1.807) is 0 Å². The van der Waals surface area contributed by atoms with E-state index in [0.29, 0.717) is 6.04 Å². The van der Waals surface area contributed by atoms with E-state index in [9.17, 15) is 4.79 Å². The van der Waals surface area contributed by atoms with Crippen LogP contribution in [0.25, 0.3) is 0 Å². The second kappa shape index (κ2) is 5.15. The van der Waals surface area contributed by atoms with Gasteiger partial charge in [0.1, 0.15) is 6.04 Å². The summed E-state index contributed by atoms with van der Waals surface area (Å²) in [6.07, 6.45) is 4.16. The summed E-state index contributed by atoms with van der Waals surface area (Å²) in [5, 5.41) is 9.16. The van der Waals surface area contributed by atoms with Crippen LogP contribution in [0, 0.1) is 0 Å². The Balaban J connectivity index is 1.90. The number of piperidine rings is 1. The van der Waals surface area contributed by atoms with Crippen LogP contribution in [0.15, 0.2) is 0 Å². The summed E-state index contributed by atoms with van der Waals surface area (Å²) in [5.74, 6) is -0.629. The van der Waals surface area contributed by atoms with Crippen LogP contribution in [0.4, 0.5) is 0 Å². The molecule has 1 N–H and O–H groups in total. The highest BCUT2D eigenvalue weighted by Gasteiger charge is 2.36. The van der Waals surface area contributed by atoms with E-state index < -0.39 is 5.97 Å². The lowest BCUT2D eigenvalue weighted by molar-refractivity contribution is -0.143. The number of rotatable bonds is 3. The zero-order chi connectivity index (χ0) is 11.5. The maximum absolute atomic E-state index is 11.1. The lowest BCUT2D eigenvalue weighted by Gasteiger charge is -2.37. The summed E-state index contributed by atoms with van der Waals surface area (Å²) >= 11 is 0. The summed E-state index contributed by atoms with van der Waals surface area (Å²) < 4.78 is 0. The van der Waals surface area contributed by atoms with Crippen molar-refractivity contribution in [3.63, 3.8) is 0 Å². The van der Waals surface area contributed by atoms with E-state index in [1.165, 1.54) is 0 Å². The first-order chi connectivity index (χ1) is 7.72. The fraction of sp³-hybridized carbons (Fsp3) is 0.917. The standard InChI is InChI=1S/C12H22N2O2/c1-2-13-8-5-10(6-9-13)14-7-3-4-11(14)12(15)16/h10-11H,2-9H2,1H3,(H,15,16). The highest BCUT2D eigenvalue weighted by Crippen LogP contribution is 2.25. The number of carbonyl (C=O) groups is 1. The molecule has 0 bridgehead atoms. The van der Waals surface area contributed by atoms with Gasteiger partial charge in [-0.15, -0.1) is 0 Å². The Bertz CT molecular complexity index is 249. The molecule has 1 unspecified atom stereocenters. The van der Waals surface area contributed by atoms with Crippen LogP contribution in [-0.4, -0.2) is 59.1 Å². The molecule has 1 atom stereocenters. The third-order valence-electron chi connectivity index (χ3n) is 4.05. The van der Waals surface area contributed by atoms with Gasteiger partial charge in [-0.2, -0.15) is 0 Å². The van der Waals surface area contributed by atoms with Crippen molar-refractivity contribution in [2.75, 3.05) is 26.2 Å². The van der Waals surface area contributed by atoms with Gasteiger partial charge in [0.05, 0.1) is 0 Å². The maximum atomic E-state index is 11.1.